The summed E-state index contributed by atoms with van der Waals surface area (Å²) in [5.74, 6) is -1.20. The zero-order valence-corrected chi connectivity index (χ0v) is 19.9. The second-order valence-electron chi connectivity index (χ2n) is 7.01. The molecule has 0 amide bonds. The van der Waals surface area contributed by atoms with Crippen molar-refractivity contribution in [2.75, 3.05) is 33.2 Å². The molecule has 4 rings (SSSR count). The number of fused-ring (bicyclic) bond motifs is 1. The number of ether oxygens (including phenoxy) is 3. The van der Waals surface area contributed by atoms with E-state index in [0.29, 0.717) is 16.6 Å². The third-order valence-electron chi connectivity index (χ3n) is 4.71. The number of hydrogen-bond donors (Lipinski definition) is 1. The maximum atomic E-state index is 12.9. The Labute approximate surface area is 202 Å². The third-order valence-corrected chi connectivity index (χ3v) is 5.89. The molecule has 1 aromatic carbocycles. The van der Waals surface area contributed by atoms with Crippen LogP contribution in [0.1, 0.15) is 5.69 Å². The van der Waals surface area contributed by atoms with Crippen molar-refractivity contribution in [1.29, 1.82) is 0 Å². The molecular weight excluding hydrogens is 439 g/mol. The van der Waals surface area contributed by atoms with Gasteiger partial charge in [-0.05, 0) is 18.2 Å². The molecule has 0 aliphatic carbocycles. The predicted molar refractivity (Wildman–Crippen MR) is 112 cm³/mol. The zero-order valence-electron chi connectivity index (χ0n) is 17.1. The van der Waals surface area contributed by atoms with Crippen molar-refractivity contribution in [1.82, 2.24) is 15.0 Å². The van der Waals surface area contributed by atoms with Gasteiger partial charge in [0.05, 0.1) is 53.1 Å². The van der Waals surface area contributed by atoms with E-state index in [1.807, 2.05) is 24.3 Å². The number of pyridine rings is 1. The Kier molecular flexibility index (Phi) is 8.54. The summed E-state index contributed by atoms with van der Waals surface area (Å²) in [4.78, 5) is 11.7. The molecule has 11 heteroatoms. The molecular formula is C20H21F2N3NaO4S. The van der Waals surface area contributed by atoms with Gasteiger partial charge in [-0.25, -0.2) is 13.8 Å². The Balaban J connectivity index is 0.00000272. The minimum atomic E-state index is -1.78. The van der Waals surface area contributed by atoms with E-state index in [9.17, 15) is 13.0 Å². The van der Waals surface area contributed by atoms with Crippen molar-refractivity contribution in [3.05, 3.63) is 48.3 Å². The first-order chi connectivity index (χ1) is 14.6. The van der Waals surface area contributed by atoms with Crippen LogP contribution in [0.4, 0.5) is 8.78 Å². The fourth-order valence-electron chi connectivity index (χ4n) is 2.99. The second-order valence-corrected chi connectivity index (χ2v) is 8.38. The summed E-state index contributed by atoms with van der Waals surface area (Å²) in [6.45, 7) is -1.53. The normalized spacial score (nSPS) is 17.2. The number of halogens is 2. The molecule has 3 aromatic rings. The molecule has 1 radical (unpaired) electrons. The van der Waals surface area contributed by atoms with Gasteiger partial charge in [0.1, 0.15) is 19.1 Å². The van der Waals surface area contributed by atoms with Gasteiger partial charge in [-0.2, -0.15) is 0 Å². The summed E-state index contributed by atoms with van der Waals surface area (Å²) in [5, 5.41) is 0.394. The van der Waals surface area contributed by atoms with Crippen LogP contribution in [0, 0.1) is 5.92 Å². The SMILES string of the molecule is O=S(Cc1cc(OCC2COC(CF)(CF)OC2)ccn1)c1nc2ccccc2[nH]1.[Na]. The molecule has 7 nitrogen and oxygen atoms in total. The van der Waals surface area contributed by atoms with E-state index in [1.54, 1.807) is 18.3 Å². The summed E-state index contributed by atoms with van der Waals surface area (Å²) in [6, 6.07) is 10.9. The van der Waals surface area contributed by atoms with Crippen molar-refractivity contribution < 1.29 is 27.2 Å². The van der Waals surface area contributed by atoms with Crippen LogP contribution < -0.4 is 4.74 Å². The minimum Gasteiger partial charge on any atom is -0.493 e. The molecule has 1 fully saturated rings. The summed E-state index contributed by atoms with van der Waals surface area (Å²) in [6.07, 6.45) is 1.57. The molecule has 161 valence electrons. The first kappa shape index (κ1) is 24.2. The van der Waals surface area contributed by atoms with Crippen molar-refractivity contribution >= 4 is 51.4 Å². The van der Waals surface area contributed by atoms with Crippen molar-refractivity contribution in [3.63, 3.8) is 0 Å². The standard InChI is InChI=1S/C20H21F2N3O4S.Na/c21-12-20(13-22)28-9-14(10-29-20)8-27-16-5-6-23-15(7-16)11-30(26)19-24-17-3-1-2-4-18(17)25-19;/h1-7,14H,8-13H2,(H,24,25);. The molecule has 0 spiro atoms. The fourth-order valence-corrected chi connectivity index (χ4v) is 3.98. The van der Waals surface area contributed by atoms with Crippen LogP contribution >= 0.6 is 0 Å². The fraction of sp³-hybridized carbons (Fsp3) is 0.400. The molecule has 31 heavy (non-hydrogen) atoms. The number of para-hydroxylation sites is 2. The Morgan fingerprint density at radius 3 is 2.65 bits per heavy atom. The third kappa shape index (κ3) is 5.88. The summed E-state index contributed by atoms with van der Waals surface area (Å²) in [5.41, 5.74) is 2.18. The summed E-state index contributed by atoms with van der Waals surface area (Å²) >= 11 is 0. The largest absolute Gasteiger partial charge is 0.493 e. The van der Waals surface area contributed by atoms with Gasteiger partial charge >= 0.3 is 0 Å². The summed E-state index contributed by atoms with van der Waals surface area (Å²) < 4.78 is 54.6. The first-order valence-corrected chi connectivity index (χ1v) is 10.7. The number of nitrogens with zero attached hydrogens (tertiary/aromatic N) is 2. The zero-order chi connectivity index (χ0) is 21.0. The van der Waals surface area contributed by atoms with Crippen LogP contribution in [0.25, 0.3) is 11.0 Å². The van der Waals surface area contributed by atoms with Gasteiger partial charge in [0.25, 0.3) is 0 Å². The number of hydrogen-bond acceptors (Lipinski definition) is 6. The number of benzene rings is 1. The molecule has 1 aliphatic heterocycles. The van der Waals surface area contributed by atoms with E-state index < -0.39 is 29.9 Å². The molecule has 1 atom stereocenters. The molecule has 2 aromatic heterocycles. The summed E-state index contributed by atoms with van der Waals surface area (Å²) in [7, 11) is -1.39. The van der Waals surface area contributed by atoms with E-state index in [4.69, 9.17) is 14.2 Å². The number of alkyl halides is 2. The Hall–Kier alpha value is -1.43. The first-order valence-electron chi connectivity index (χ1n) is 9.41. The van der Waals surface area contributed by atoms with Gasteiger partial charge < -0.3 is 19.2 Å². The van der Waals surface area contributed by atoms with Crippen molar-refractivity contribution in [2.24, 2.45) is 5.92 Å². The van der Waals surface area contributed by atoms with E-state index in [1.165, 1.54) is 0 Å². The predicted octanol–water partition coefficient (Wildman–Crippen LogP) is 2.56. The van der Waals surface area contributed by atoms with Gasteiger partial charge in [-0.1, -0.05) is 12.1 Å². The number of nitrogens with one attached hydrogen (secondary N) is 1. The molecule has 0 saturated carbocycles. The molecule has 3 heterocycles. The van der Waals surface area contributed by atoms with Gasteiger partial charge in [0.15, 0.2) is 5.16 Å². The Bertz CT molecular complexity index is 991. The second kappa shape index (κ2) is 10.9. The van der Waals surface area contributed by atoms with Crippen LogP contribution in [-0.2, 0) is 26.0 Å². The number of rotatable bonds is 8. The van der Waals surface area contributed by atoms with E-state index in [2.05, 4.69) is 15.0 Å². The van der Waals surface area contributed by atoms with E-state index >= 15 is 0 Å². The van der Waals surface area contributed by atoms with E-state index in [0.717, 1.165) is 11.0 Å². The average molecular weight is 460 g/mol. The molecule has 0 bridgehead atoms. The molecule has 1 saturated heterocycles. The maximum absolute atomic E-state index is 12.9. The number of H-pyrrole nitrogens is 1. The quantitative estimate of drug-likeness (QED) is 0.520. The van der Waals surface area contributed by atoms with Gasteiger partial charge in [0, 0.05) is 47.7 Å². The number of aromatic nitrogens is 3. The van der Waals surface area contributed by atoms with Crippen LogP contribution in [0.5, 0.6) is 5.75 Å². The van der Waals surface area contributed by atoms with Crippen LogP contribution in [-0.4, -0.2) is 87.7 Å². The van der Waals surface area contributed by atoms with Gasteiger partial charge in [0.2, 0.25) is 5.79 Å². The van der Waals surface area contributed by atoms with Crippen LogP contribution in [0.2, 0.25) is 0 Å². The molecule has 1 N–H and O–H groups in total. The maximum Gasteiger partial charge on any atom is 0.226 e. The molecule has 1 unspecified atom stereocenters. The molecule has 1 aliphatic rings. The Morgan fingerprint density at radius 2 is 1.94 bits per heavy atom. The van der Waals surface area contributed by atoms with Crippen LogP contribution in [0.15, 0.2) is 47.8 Å². The van der Waals surface area contributed by atoms with Gasteiger partial charge in [-0.15, -0.1) is 0 Å². The van der Waals surface area contributed by atoms with Crippen molar-refractivity contribution in [3.8, 4) is 5.75 Å². The average Bonchev–Trinajstić information content (AvgIpc) is 3.23. The monoisotopic (exact) mass is 460 g/mol. The Morgan fingerprint density at radius 1 is 1.19 bits per heavy atom. The number of imidazole rings is 1. The smallest absolute Gasteiger partial charge is 0.226 e. The topological polar surface area (TPSA) is 86.3 Å². The van der Waals surface area contributed by atoms with Crippen molar-refractivity contribution in [2.45, 2.75) is 16.7 Å². The van der Waals surface area contributed by atoms with Crippen LogP contribution in [0.3, 0.4) is 0 Å². The van der Waals surface area contributed by atoms with Gasteiger partial charge in [-0.3, -0.25) is 9.19 Å². The van der Waals surface area contributed by atoms with E-state index in [-0.39, 0.29) is 61.0 Å². The number of aromatic amines is 1. The minimum absolute atomic E-state index is 0.